The molecule has 0 saturated heterocycles. The Kier molecular flexibility index (Phi) is 3.75. The van der Waals surface area contributed by atoms with Crippen molar-refractivity contribution in [2.24, 2.45) is 0 Å². The molecular weight excluding hydrogens is 344 g/mol. The van der Waals surface area contributed by atoms with Gasteiger partial charge in [0, 0.05) is 31.4 Å². The van der Waals surface area contributed by atoms with Crippen LogP contribution in [0, 0.1) is 0 Å². The van der Waals surface area contributed by atoms with E-state index in [0.29, 0.717) is 10.6 Å². The van der Waals surface area contributed by atoms with Gasteiger partial charge >= 0.3 is 0 Å². The van der Waals surface area contributed by atoms with Crippen LogP contribution in [0.4, 0.5) is 11.4 Å². The fraction of sp³-hybridized carbons (Fsp3) is 0.154. The first kappa shape index (κ1) is 15.1. The topological polar surface area (TPSA) is 66.7 Å². The van der Waals surface area contributed by atoms with Gasteiger partial charge in [-0.05, 0) is 18.2 Å². The Hall–Kier alpha value is -1.77. The molecule has 1 N–H and O–H groups in total. The van der Waals surface area contributed by atoms with Gasteiger partial charge in [-0.1, -0.05) is 17.7 Å². The third-order valence-electron chi connectivity index (χ3n) is 3.05. The molecule has 1 aromatic carbocycles. The van der Waals surface area contributed by atoms with Crippen molar-refractivity contribution in [3.8, 4) is 0 Å². The number of aromatic nitrogens is 2. The van der Waals surface area contributed by atoms with E-state index in [2.05, 4.69) is 9.71 Å². The van der Waals surface area contributed by atoms with E-state index in [9.17, 15) is 8.42 Å². The molecule has 3 aromatic rings. The molecule has 0 bridgehead atoms. The monoisotopic (exact) mass is 356 g/mol. The lowest BCUT2D eigenvalue weighted by atomic mass is 10.3. The lowest BCUT2D eigenvalue weighted by Gasteiger charge is -2.14. The predicted molar refractivity (Wildman–Crippen MR) is 89.7 cm³/mol. The Morgan fingerprint density at radius 1 is 1.36 bits per heavy atom. The van der Waals surface area contributed by atoms with Crippen molar-refractivity contribution in [2.75, 3.05) is 23.7 Å². The van der Waals surface area contributed by atoms with Crippen molar-refractivity contribution >= 4 is 49.3 Å². The smallest absolute Gasteiger partial charge is 0.281 e. The third kappa shape index (κ3) is 2.65. The van der Waals surface area contributed by atoms with Gasteiger partial charge in [-0.2, -0.15) is 8.42 Å². The van der Waals surface area contributed by atoms with Crippen molar-refractivity contribution in [3.63, 3.8) is 0 Å². The summed E-state index contributed by atoms with van der Waals surface area (Å²) in [6.45, 7) is 0. The van der Waals surface area contributed by atoms with E-state index >= 15 is 0 Å². The largest absolute Gasteiger partial charge is 0.378 e. The quantitative estimate of drug-likeness (QED) is 0.780. The van der Waals surface area contributed by atoms with Crippen LogP contribution in [0.5, 0.6) is 0 Å². The molecular formula is C13H13ClN4O2S2. The van der Waals surface area contributed by atoms with Gasteiger partial charge < -0.3 is 4.90 Å². The molecule has 0 atom stereocenters. The fourth-order valence-corrected chi connectivity index (χ4v) is 4.54. The van der Waals surface area contributed by atoms with E-state index in [1.165, 1.54) is 15.7 Å². The summed E-state index contributed by atoms with van der Waals surface area (Å²) in [4.78, 5) is 6.47. The van der Waals surface area contributed by atoms with Crippen molar-refractivity contribution in [1.29, 1.82) is 0 Å². The molecule has 2 heterocycles. The van der Waals surface area contributed by atoms with Crippen molar-refractivity contribution in [1.82, 2.24) is 9.38 Å². The van der Waals surface area contributed by atoms with Crippen LogP contribution >= 0.6 is 22.9 Å². The van der Waals surface area contributed by atoms with Gasteiger partial charge in [0.05, 0.1) is 5.69 Å². The molecule has 0 unspecified atom stereocenters. The van der Waals surface area contributed by atoms with E-state index in [4.69, 9.17) is 11.6 Å². The fourth-order valence-electron chi connectivity index (χ4n) is 2.03. The number of nitrogens with one attached hydrogen (secondary N) is 1. The van der Waals surface area contributed by atoms with Gasteiger partial charge in [-0.3, -0.25) is 9.12 Å². The molecule has 0 radical (unpaired) electrons. The Morgan fingerprint density at radius 2 is 2.14 bits per heavy atom. The predicted octanol–water partition coefficient (Wildman–Crippen LogP) is 2.92. The van der Waals surface area contributed by atoms with Crippen LogP contribution in [0.1, 0.15) is 0 Å². The standard InChI is InChI=1S/C13H13ClN4O2S2/c1-17(2)10-5-3-4-9(8-10)16-22(19,20)12-11(14)15-13-18(12)6-7-21-13/h3-8,16H,1-2H3. The summed E-state index contributed by atoms with van der Waals surface area (Å²) < 4.78 is 29.2. The summed E-state index contributed by atoms with van der Waals surface area (Å²) >= 11 is 7.31. The number of benzene rings is 1. The number of rotatable bonds is 4. The number of imidazole rings is 1. The maximum absolute atomic E-state index is 12.6. The van der Waals surface area contributed by atoms with Gasteiger partial charge in [0.25, 0.3) is 10.0 Å². The van der Waals surface area contributed by atoms with E-state index in [1.807, 2.05) is 25.1 Å². The van der Waals surface area contributed by atoms with Crippen LogP contribution in [0.2, 0.25) is 5.15 Å². The number of anilines is 2. The summed E-state index contributed by atoms with van der Waals surface area (Å²) in [6.07, 6.45) is 1.63. The van der Waals surface area contributed by atoms with E-state index in [1.54, 1.807) is 29.8 Å². The molecule has 0 fully saturated rings. The molecule has 6 nitrogen and oxygen atoms in total. The van der Waals surface area contributed by atoms with Crippen LogP contribution in [0.3, 0.4) is 0 Å². The average Bonchev–Trinajstić information content (AvgIpc) is 2.97. The number of sulfonamides is 1. The van der Waals surface area contributed by atoms with E-state index < -0.39 is 10.0 Å². The maximum Gasteiger partial charge on any atom is 0.281 e. The Bertz CT molecular complexity index is 931. The summed E-state index contributed by atoms with van der Waals surface area (Å²) in [6, 6.07) is 7.10. The lowest BCUT2D eigenvalue weighted by Crippen LogP contribution is -2.16. The second kappa shape index (κ2) is 5.45. The highest BCUT2D eigenvalue weighted by atomic mass is 35.5. The number of hydrogen-bond donors (Lipinski definition) is 1. The number of thiazole rings is 1. The first-order valence-electron chi connectivity index (χ1n) is 6.30. The number of hydrogen-bond acceptors (Lipinski definition) is 5. The zero-order valence-corrected chi connectivity index (χ0v) is 14.2. The van der Waals surface area contributed by atoms with Crippen molar-refractivity contribution in [2.45, 2.75) is 5.03 Å². The first-order valence-corrected chi connectivity index (χ1v) is 9.04. The minimum Gasteiger partial charge on any atom is -0.378 e. The maximum atomic E-state index is 12.6. The molecule has 0 aliphatic carbocycles. The molecule has 0 aliphatic heterocycles. The van der Waals surface area contributed by atoms with Crippen LogP contribution in [-0.4, -0.2) is 31.9 Å². The molecule has 0 aliphatic rings. The van der Waals surface area contributed by atoms with Crippen LogP contribution in [0.15, 0.2) is 40.9 Å². The molecule has 9 heteroatoms. The summed E-state index contributed by atoms with van der Waals surface area (Å²) in [7, 11) is -0.0624. The summed E-state index contributed by atoms with van der Waals surface area (Å²) in [5.74, 6) is 0. The molecule has 0 amide bonds. The summed E-state index contributed by atoms with van der Waals surface area (Å²) in [5, 5.41) is 1.66. The highest BCUT2D eigenvalue weighted by Gasteiger charge is 2.25. The molecule has 0 saturated carbocycles. The zero-order chi connectivity index (χ0) is 15.9. The molecule has 3 rings (SSSR count). The SMILES string of the molecule is CN(C)c1cccc(NS(=O)(=O)c2c(Cl)nc3sccn23)c1. The normalized spacial score (nSPS) is 11.8. The molecule has 116 valence electrons. The highest BCUT2D eigenvalue weighted by molar-refractivity contribution is 7.92. The summed E-state index contributed by atoms with van der Waals surface area (Å²) in [5.41, 5.74) is 1.35. The highest BCUT2D eigenvalue weighted by Crippen LogP contribution is 2.27. The van der Waals surface area contributed by atoms with Gasteiger partial charge in [0.15, 0.2) is 15.1 Å². The van der Waals surface area contributed by atoms with E-state index in [0.717, 1.165) is 5.69 Å². The first-order chi connectivity index (χ1) is 10.4. The van der Waals surface area contributed by atoms with Crippen LogP contribution < -0.4 is 9.62 Å². The second-order valence-corrected chi connectivity index (χ2v) is 7.64. The van der Waals surface area contributed by atoms with Crippen molar-refractivity contribution in [3.05, 3.63) is 41.0 Å². The van der Waals surface area contributed by atoms with Crippen LogP contribution in [-0.2, 0) is 10.0 Å². The number of halogens is 1. The number of fused-ring (bicyclic) bond motifs is 1. The second-order valence-electron chi connectivity index (χ2n) is 4.81. The zero-order valence-electron chi connectivity index (χ0n) is 11.8. The average molecular weight is 357 g/mol. The Balaban J connectivity index is 2.02. The van der Waals surface area contributed by atoms with E-state index in [-0.39, 0.29) is 10.2 Å². The van der Waals surface area contributed by atoms with Gasteiger partial charge in [0.2, 0.25) is 0 Å². The van der Waals surface area contributed by atoms with Gasteiger partial charge in [0.1, 0.15) is 0 Å². The molecule has 0 spiro atoms. The minimum atomic E-state index is -3.83. The Labute approximate surface area is 137 Å². The molecule has 2 aromatic heterocycles. The van der Waals surface area contributed by atoms with Crippen molar-refractivity contribution < 1.29 is 8.42 Å². The third-order valence-corrected chi connectivity index (χ3v) is 5.58. The Morgan fingerprint density at radius 3 is 2.86 bits per heavy atom. The van der Waals surface area contributed by atoms with Gasteiger partial charge in [-0.15, -0.1) is 11.3 Å². The number of nitrogens with zero attached hydrogens (tertiary/aromatic N) is 3. The van der Waals surface area contributed by atoms with Crippen LogP contribution in [0.25, 0.3) is 4.96 Å². The minimum absolute atomic E-state index is 0.0388. The van der Waals surface area contributed by atoms with Gasteiger partial charge in [-0.25, -0.2) is 4.98 Å². The molecule has 22 heavy (non-hydrogen) atoms. The lowest BCUT2D eigenvalue weighted by molar-refractivity contribution is 0.597.